The number of rotatable bonds is 6. The smallest absolute Gasteiger partial charge is 0.237 e. The Hall–Kier alpha value is -1.66. The molecular formula is C19H31N5O. The number of aryl methyl sites for hydroxylation is 1. The van der Waals surface area contributed by atoms with Gasteiger partial charge in [0.25, 0.3) is 0 Å². The molecule has 0 aromatic carbocycles. The van der Waals surface area contributed by atoms with Crippen LogP contribution in [0.1, 0.15) is 31.2 Å². The number of carbonyl (C=O) groups excluding carboxylic acids is 1. The van der Waals surface area contributed by atoms with E-state index in [2.05, 4.69) is 32.9 Å². The Morgan fingerprint density at radius 2 is 2.16 bits per heavy atom. The van der Waals surface area contributed by atoms with Crippen molar-refractivity contribution in [3.63, 3.8) is 0 Å². The largest absolute Gasteiger partial charge is 0.370 e. The molecule has 3 rings (SSSR count). The van der Waals surface area contributed by atoms with Crippen molar-refractivity contribution in [2.75, 3.05) is 45.1 Å². The van der Waals surface area contributed by atoms with Crippen molar-refractivity contribution >= 4 is 11.7 Å². The van der Waals surface area contributed by atoms with Crippen molar-refractivity contribution in [2.24, 2.45) is 5.41 Å². The van der Waals surface area contributed by atoms with Gasteiger partial charge in [0.15, 0.2) is 0 Å². The highest BCUT2D eigenvalue weighted by atomic mass is 16.2. The van der Waals surface area contributed by atoms with Gasteiger partial charge in [0, 0.05) is 25.8 Å². The zero-order valence-corrected chi connectivity index (χ0v) is 15.5. The van der Waals surface area contributed by atoms with E-state index in [1.807, 2.05) is 25.3 Å². The molecule has 0 aliphatic carbocycles. The highest BCUT2D eigenvalue weighted by Crippen LogP contribution is 2.41. The number of aromatic nitrogens is 1. The summed E-state index contributed by atoms with van der Waals surface area (Å²) in [4.78, 5) is 19.1. The maximum absolute atomic E-state index is 12.6. The summed E-state index contributed by atoms with van der Waals surface area (Å²) in [6.45, 7) is 6.76. The molecule has 0 radical (unpaired) electrons. The fourth-order valence-electron chi connectivity index (χ4n) is 4.09. The van der Waals surface area contributed by atoms with Gasteiger partial charge in [-0.15, -0.1) is 0 Å². The van der Waals surface area contributed by atoms with Gasteiger partial charge in [0.2, 0.25) is 5.91 Å². The zero-order chi connectivity index (χ0) is 17.7. The van der Waals surface area contributed by atoms with Gasteiger partial charge < -0.3 is 16.0 Å². The van der Waals surface area contributed by atoms with Crippen LogP contribution in [0.2, 0.25) is 0 Å². The quantitative estimate of drug-likeness (QED) is 0.680. The van der Waals surface area contributed by atoms with Gasteiger partial charge in [-0.05, 0) is 69.8 Å². The number of likely N-dealkylation sites (tertiary alicyclic amines) is 1. The van der Waals surface area contributed by atoms with E-state index in [1.54, 1.807) is 0 Å². The number of amides is 1. The lowest BCUT2D eigenvalue weighted by molar-refractivity contribution is -0.125. The molecule has 2 aliphatic rings. The van der Waals surface area contributed by atoms with Crippen LogP contribution in [0.25, 0.3) is 0 Å². The molecule has 1 spiro atoms. The van der Waals surface area contributed by atoms with Crippen LogP contribution in [0.3, 0.4) is 0 Å². The molecule has 0 bridgehead atoms. The van der Waals surface area contributed by atoms with Crippen LogP contribution >= 0.6 is 0 Å². The molecule has 3 N–H and O–H groups in total. The number of likely N-dealkylation sites (N-methyl/N-ethyl adjacent to an activating group) is 1. The van der Waals surface area contributed by atoms with Crippen LogP contribution < -0.4 is 16.0 Å². The van der Waals surface area contributed by atoms with Crippen LogP contribution in [0.5, 0.6) is 0 Å². The minimum Gasteiger partial charge on any atom is -0.370 e. The van der Waals surface area contributed by atoms with Crippen LogP contribution in [0.4, 0.5) is 5.82 Å². The minimum atomic E-state index is 0.0322. The molecule has 2 fully saturated rings. The van der Waals surface area contributed by atoms with Crippen molar-refractivity contribution < 1.29 is 4.79 Å². The summed E-state index contributed by atoms with van der Waals surface area (Å²) in [6.07, 6.45) is 6.13. The second-order valence-corrected chi connectivity index (χ2v) is 7.68. The van der Waals surface area contributed by atoms with E-state index in [1.165, 1.54) is 12.8 Å². The summed E-state index contributed by atoms with van der Waals surface area (Å²) >= 11 is 0. The summed E-state index contributed by atoms with van der Waals surface area (Å²) in [6, 6.07) is 4.06. The number of hydrogen-bond acceptors (Lipinski definition) is 5. The van der Waals surface area contributed by atoms with E-state index < -0.39 is 0 Å². The van der Waals surface area contributed by atoms with Crippen molar-refractivity contribution in [3.05, 3.63) is 23.9 Å². The maximum Gasteiger partial charge on any atom is 0.237 e. The lowest BCUT2D eigenvalue weighted by Gasteiger charge is -2.33. The van der Waals surface area contributed by atoms with Crippen LogP contribution in [0.15, 0.2) is 18.3 Å². The third-order valence-corrected chi connectivity index (χ3v) is 5.58. The second-order valence-electron chi connectivity index (χ2n) is 7.68. The monoisotopic (exact) mass is 345 g/mol. The van der Waals surface area contributed by atoms with Gasteiger partial charge >= 0.3 is 0 Å². The van der Waals surface area contributed by atoms with E-state index in [0.29, 0.717) is 12.0 Å². The predicted octanol–water partition coefficient (Wildman–Crippen LogP) is 1.38. The van der Waals surface area contributed by atoms with Gasteiger partial charge in [-0.25, -0.2) is 4.98 Å². The van der Waals surface area contributed by atoms with Crippen molar-refractivity contribution in [3.8, 4) is 0 Å². The van der Waals surface area contributed by atoms with Crippen molar-refractivity contribution in [1.29, 1.82) is 0 Å². The fraction of sp³-hybridized carbons (Fsp3) is 0.684. The first-order chi connectivity index (χ1) is 12.1. The number of nitrogens with one attached hydrogen (secondary N) is 3. The van der Waals surface area contributed by atoms with E-state index in [0.717, 1.165) is 50.4 Å². The highest BCUT2D eigenvalue weighted by molar-refractivity contribution is 5.82. The lowest BCUT2D eigenvalue weighted by atomic mass is 9.77. The molecule has 2 saturated heterocycles. The zero-order valence-electron chi connectivity index (χ0n) is 15.5. The first-order valence-electron chi connectivity index (χ1n) is 9.43. The van der Waals surface area contributed by atoms with Crippen molar-refractivity contribution in [2.45, 2.75) is 38.6 Å². The summed E-state index contributed by atoms with van der Waals surface area (Å²) in [5.74, 6) is 1.08. The highest BCUT2D eigenvalue weighted by Gasteiger charge is 2.45. The average molecular weight is 345 g/mol. The van der Waals surface area contributed by atoms with Crippen LogP contribution in [-0.2, 0) is 4.79 Å². The van der Waals surface area contributed by atoms with Gasteiger partial charge in [0.1, 0.15) is 5.82 Å². The van der Waals surface area contributed by atoms with Gasteiger partial charge in [-0.2, -0.15) is 0 Å². The Bertz CT molecular complexity index is 568. The summed E-state index contributed by atoms with van der Waals surface area (Å²) < 4.78 is 0. The van der Waals surface area contributed by atoms with Crippen molar-refractivity contribution in [1.82, 2.24) is 20.5 Å². The molecule has 6 heteroatoms. The Kier molecular flexibility index (Phi) is 5.91. The maximum atomic E-state index is 12.6. The molecule has 1 amide bonds. The first-order valence-corrected chi connectivity index (χ1v) is 9.43. The normalized spacial score (nSPS) is 22.9. The molecule has 25 heavy (non-hydrogen) atoms. The van der Waals surface area contributed by atoms with Gasteiger partial charge in [-0.3, -0.25) is 9.69 Å². The third kappa shape index (κ3) is 4.70. The molecule has 2 aliphatic heterocycles. The molecule has 138 valence electrons. The number of hydrogen-bond donors (Lipinski definition) is 3. The number of carbonyl (C=O) groups is 1. The molecule has 1 aromatic heterocycles. The second kappa shape index (κ2) is 8.15. The number of piperidine rings is 1. The van der Waals surface area contributed by atoms with Crippen LogP contribution in [-0.4, -0.2) is 61.6 Å². The molecule has 1 aromatic rings. The van der Waals surface area contributed by atoms with E-state index in [9.17, 15) is 4.79 Å². The molecule has 6 nitrogen and oxygen atoms in total. The molecule has 3 heterocycles. The lowest BCUT2D eigenvalue weighted by Crippen LogP contribution is -2.41. The Balaban J connectivity index is 1.37. The topological polar surface area (TPSA) is 69.3 Å². The summed E-state index contributed by atoms with van der Waals surface area (Å²) in [7, 11) is 2.09. The average Bonchev–Trinajstić information content (AvgIpc) is 2.92. The first kappa shape index (κ1) is 18.1. The molecule has 0 saturated carbocycles. The molecular weight excluding hydrogens is 314 g/mol. The third-order valence-electron chi connectivity index (χ3n) is 5.58. The molecule has 1 atom stereocenters. The Labute approximate surface area is 150 Å². The predicted molar refractivity (Wildman–Crippen MR) is 101 cm³/mol. The van der Waals surface area contributed by atoms with Gasteiger partial charge in [0.05, 0.1) is 6.04 Å². The number of nitrogens with zero attached hydrogens (tertiary/aromatic N) is 2. The SMILES string of the molecule is Cc1ccc(NCCCNC(=O)C2CC3(CCNCC3)CN2C)nc1. The summed E-state index contributed by atoms with van der Waals surface area (Å²) in [5.41, 5.74) is 1.51. The minimum absolute atomic E-state index is 0.0322. The van der Waals surface area contributed by atoms with Gasteiger partial charge in [-0.1, -0.05) is 6.07 Å². The summed E-state index contributed by atoms with van der Waals surface area (Å²) in [5, 5.41) is 9.83. The van der Waals surface area contributed by atoms with Crippen LogP contribution in [0, 0.1) is 12.3 Å². The number of pyridine rings is 1. The standard InChI is InChI=1S/C19H31N5O/c1-15-4-5-17(23-13-15)21-8-3-9-22-18(25)16-12-19(14-24(16)2)6-10-20-11-7-19/h4-5,13,16,20H,3,6-12,14H2,1-2H3,(H,21,23)(H,22,25). The van der Waals surface area contributed by atoms with E-state index >= 15 is 0 Å². The fourth-order valence-corrected chi connectivity index (χ4v) is 4.09. The Morgan fingerprint density at radius 1 is 1.36 bits per heavy atom. The Morgan fingerprint density at radius 3 is 2.88 bits per heavy atom. The molecule has 1 unspecified atom stereocenters. The van der Waals surface area contributed by atoms with E-state index in [4.69, 9.17) is 0 Å². The number of anilines is 1. The van der Waals surface area contributed by atoms with E-state index in [-0.39, 0.29) is 11.9 Å².